The fourth-order valence-corrected chi connectivity index (χ4v) is 2.72. The molecule has 2 aromatic rings. The van der Waals surface area contributed by atoms with Gasteiger partial charge >= 0.3 is 12.1 Å². The van der Waals surface area contributed by atoms with Gasteiger partial charge in [-0.25, -0.2) is 9.78 Å². The number of esters is 1. The highest BCUT2D eigenvalue weighted by molar-refractivity contribution is 7.09. The first-order valence-electron chi connectivity index (χ1n) is 6.53. The Morgan fingerprint density at radius 2 is 2.18 bits per heavy atom. The molecule has 0 bridgehead atoms. The Labute approximate surface area is 128 Å². The average molecular weight is 333 g/mol. The van der Waals surface area contributed by atoms with E-state index >= 15 is 0 Å². The van der Waals surface area contributed by atoms with Crippen LogP contribution in [0.3, 0.4) is 0 Å². The van der Waals surface area contributed by atoms with Crippen LogP contribution in [0.15, 0.2) is 11.7 Å². The summed E-state index contributed by atoms with van der Waals surface area (Å²) in [6.45, 7) is 3.35. The van der Waals surface area contributed by atoms with Crippen molar-refractivity contribution in [2.45, 2.75) is 33.0 Å². The molecule has 120 valence electrons. The summed E-state index contributed by atoms with van der Waals surface area (Å²) in [6.07, 6.45) is -3.34. The number of carbonyl (C=O) groups excluding carboxylic acids is 1. The van der Waals surface area contributed by atoms with Crippen molar-refractivity contribution in [3.8, 4) is 0 Å². The van der Waals surface area contributed by atoms with Crippen LogP contribution in [0.25, 0.3) is 0 Å². The lowest BCUT2D eigenvalue weighted by Gasteiger charge is -2.11. The first-order chi connectivity index (χ1) is 10.3. The van der Waals surface area contributed by atoms with Crippen molar-refractivity contribution in [1.29, 1.82) is 0 Å². The zero-order valence-electron chi connectivity index (χ0n) is 12.0. The topological polar surface area (TPSA) is 57.0 Å². The number of rotatable bonds is 5. The second-order valence-corrected chi connectivity index (χ2v) is 5.41. The Bertz CT molecular complexity index is 664. The van der Waals surface area contributed by atoms with Crippen LogP contribution < -0.4 is 0 Å². The van der Waals surface area contributed by atoms with E-state index in [1.807, 2.05) is 6.92 Å². The fraction of sp³-hybridized carbons (Fsp3) is 0.462. The molecule has 5 nitrogen and oxygen atoms in total. The molecule has 9 heteroatoms. The maximum absolute atomic E-state index is 13.0. The van der Waals surface area contributed by atoms with E-state index in [0.717, 1.165) is 21.4 Å². The molecule has 0 amide bonds. The van der Waals surface area contributed by atoms with E-state index in [4.69, 9.17) is 4.74 Å². The standard InChI is InChI=1S/C13H14F3N3O2S/c1-3-19-11(13(14,15)16)9(6-18-19)12(20)21-5-4-10-8(2)17-7-22-10/h6-7H,3-5H2,1-2H3. The summed E-state index contributed by atoms with van der Waals surface area (Å²) >= 11 is 1.41. The average Bonchev–Trinajstić information content (AvgIpc) is 3.04. The van der Waals surface area contributed by atoms with E-state index < -0.39 is 23.4 Å². The second-order valence-electron chi connectivity index (χ2n) is 4.47. The SMILES string of the molecule is CCn1ncc(C(=O)OCCc2scnc2C)c1C(F)(F)F. The van der Waals surface area contributed by atoms with E-state index in [9.17, 15) is 18.0 Å². The van der Waals surface area contributed by atoms with Gasteiger partial charge in [0.15, 0.2) is 5.69 Å². The summed E-state index contributed by atoms with van der Waals surface area (Å²) in [4.78, 5) is 16.9. The number of carbonyl (C=O) groups is 1. The number of aromatic nitrogens is 3. The molecule has 0 spiro atoms. The van der Waals surface area contributed by atoms with E-state index in [1.165, 1.54) is 18.3 Å². The molecule has 0 saturated heterocycles. The van der Waals surface area contributed by atoms with Crippen LogP contribution in [0.2, 0.25) is 0 Å². The van der Waals surface area contributed by atoms with Crippen molar-refractivity contribution in [3.63, 3.8) is 0 Å². The van der Waals surface area contributed by atoms with Crippen LogP contribution in [0, 0.1) is 6.92 Å². The minimum atomic E-state index is -4.66. The summed E-state index contributed by atoms with van der Waals surface area (Å²) in [5.74, 6) is -1.02. The third-order valence-corrected chi connectivity index (χ3v) is 4.03. The summed E-state index contributed by atoms with van der Waals surface area (Å²) in [6, 6.07) is 0. The van der Waals surface area contributed by atoms with Crippen LogP contribution >= 0.6 is 11.3 Å². The highest BCUT2D eigenvalue weighted by atomic mass is 32.1. The van der Waals surface area contributed by atoms with Gasteiger partial charge < -0.3 is 4.74 Å². The molecular weight excluding hydrogens is 319 g/mol. The van der Waals surface area contributed by atoms with Gasteiger partial charge in [-0.1, -0.05) is 0 Å². The van der Waals surface area contributed by atoms with Crippen LogP contribution in [-0.4, -0.2) is 27.3 Å². The van der Waals surface area contributed by atoms with Crippen molar-refractivity contribution < 1.29 is 22.7 Å². The quantitative estimate of drug-likeness (QED) is 0.789. The number of hydrogen-bond acceptors (Lipinski definition) is 5. The van der Waals surface area contributed by atoms with Crippen molar-refractivity contribution in [1.82, 2.24) is 14.8 Å². The predicted octanol–water partition coefficient (Wildman–Crippen LogP) is 3.09. The number of hydrogen-bond donors (Lipinski definition) is 0. The maximum Gasteiger partial charge on any atom is 0.433 e. The predicted molar refractivity (Wildman–Crippen MR) is 73.7 cm³/mol. The number of halogens is 3. The summed E-state index contributed by atoms with van der Waals surface area (Å²) in [5, 5.41) is 3.58. The number of aryl methyl sites for hydroxylation is 2. The third kappa shape index (κ3) is 3.46. The number of ether oxygens (including phenoxy) is 1. The molecule has 0 radical (unpaired) electrons. The van der Waals surface area contributed by atoms with E-state index in [0.29, 0.717) is 6.42 Å². The maximum atomic E-state index is 13.0. The Balaban J connectivity index is 2.07. The van der Waals surface area contributed by atoms with Gasteiger partial charge in [0, 0.05) is 17.8 Å². The van der Waals surface area contributed by atoms with E-state index in [1.54, 1.807) is 5.51 Å². The van der Waals surface area contributed by atoms with Crippen molar-refractivity contribution in [2.24, 2.45) is 0 Å². The van der Waals surface area contributed by atoms with Gasteiger partial charge in [0.05, 0.1) is 24.0 Å². The van der Waals surface area contributed by atoms with Crippen LogP contribution in [0.4, 0.5) is 13.2 Å². The number of nitrogens with zero attached hydrogens (tertiary/aromatic N) is 3. The zero-order valence-corrected chi connectivity index (χ0v) is 12.8. The molecule has 0 fully saturated rings. The fourth-order valence-electron chi connectivity index (χ4n) is 1.95. The highest BCUT2D eigenvalue weighted by Gasteiger charge is 2.40. The molecule has 2 heterocycles. The molecule has 2 aromatic heterocycles. The smallest absolute Gasteiger partial charge is 0.433 e. The molecule has 0 aliphatic carbocycles. The number of alkyl halides is 3. The molecule has 0 N–H and O–H groups in total. The Morgan fingerprint density at radius 3 is 2.73 bits per heavy atom. The van der Waals surface area contributed by atoms with Gasteiger partial charge in [-0.05, 0) is 13.8 Å². The monoisotopic (exact) mass is 333 g/mol. The van der Waals surface area contributed by atoms with Crippen LogP contribution in [0.1, 0.15) is 33.5 Å². The Morgan fingerprint density at radius 1 is 1.45 bits per heavy atom. The Hall–Kier alpha value is -1.90. The second kappa shape index (κ2) is 6.47. The van der Waals surface area contributed by atoms with E-state index in [-0.39, 0.29) is 13.2 Å². The minimum absolute atomic E-state index is 0.00350. The summed E-state index contributed by atoms with van der Waals surface area (Å²) < 4.78 is 44.7. The van der Waals surface area contributed by atoms with Gasteiger partial charge in [0.25, 0.3) is 0 Å². The molecule has 0 saturated carbocycles. The minimum Gasteiger partial charge on any atom is -0.462 e. The molecule has 22 heavy (non-hydrogen) atoms. The van der Waals surface area contributed by atoms with Gasteiger partial charge in [-0.3, -0.25) is 4.68 Å². The third-order valence-electron chi connectivity index (χ3n) is 3.03. The van der Waals surface area contributed by atoms with Gasteiger partial charge in [-0.15, -0.1) is 11.3 Å². The normalized spacial score (nSPS) is 11.7. The molecule has 0 atom stereocenters. The van der Waals surface area contributed by atoms with Gasteiger partial charge in [0.2, 0.25) is 0 Å². The van der Waals surface area contributed by atoms with Crippen molar-refractivity contribution in [2.75, 3.05) is 6.61 Å². The van der Waals surface area contributed by atoms with E-state index in [2.05, 4.69) is 10.1 Å². The molecule has 2 rings (SSSR count). The number of thiazole rings is 1. The summed E-state index contributed by atoms with van der Waals surface area (Å²) in [7, 11) is 0. The van der Waals surface area contributed by atoms with Crippen molar-refractivity contribution in [3.05, 3.63) is 33.5 Å². The van der Waals surface area contributed by atoms with Gasteiger partial charge in [-0.2, -0.15) is 18.3 Å². The molecule has 0 aromatic carbocycles. The lowest BCUT2D eigenvalue weighted by molar-refractivity contribution is -0.144. The highest BCUT2D eigenvalue weighted by Crippen LogP contribution is 2.32. The summed E-state index contributed by atoms with van der Waals surface area (Å²) in [5.41, 5.74) is 0.861. The van der Waals surface area contributed by atoms with Crippen LogP contribution in [0.5, 0.6) is 0 Å². The van der Waals surface area contributed by atoms with Crippen LogP contribution in [-0.2, 0) is 23.9 Å². The van der Waals surface area contributed by atoms with Crippen molar-refractivity contribution >= 4 is 17.3 Å². The lowest BCUT2D eigenvalue weighted by Crippen LogP contribution is -2.19. The van der Waals surface area contributed by atoms with Gasteiger partial charge in [0.1, 0.15) is 5.56 Å². The molecular formula is C13H14F3N3O2S. The first kappa shape index (κ1) is 16.5. The molecule has 0 aliphatic rings. The lowest BCUT2D eigenvalue weighted by atomic mass is 10.2. The largest absolute Gasteiger partial charge is 0.462 e. The molecule has 0 aliphatic heterocycles. The Kier molecular flexibility index (Phi) is 4.84. The zero-order chi connectivity index (χ0) is 16.3. The molecule has 0 unspecified atom stereocenters. The first-order valence-corrected chi connectivity index (χ1v) is 7.41.